The lowest BCUT2D eigenvalue weighted by Gasteiger charge is -2.29. The van der Waals surface area contributed by atoms with Gasteiger partial charge in [-0.1, -0.05) is 64.3 Å². The highest BCUT2D eigenvalue weighted by atomic mass is 16.5. The third kappa shape index (κ3) is 6.20. The standard InChI is InChI=1S/C25H37NO3/c1-6-9-12-17-25(5,28-18-7-2)24(27)26-22-15-16-23(29-19(4)8-3)21-14-11-10-13-20(21)22/h10-11,13-16,19H,6-9,12,17-18H2,1-5H3,(H,26,27)/t19-,25+/m1/s1. The summed E-state index contributed by atoms with van der Waals surface area (Å²) in [5.74, 6) is 0.767. The summed E-state index contributed by atoms with van der Waals surface area (Å²) in [6, 6.07) is 11.9. The zero-order chi connectivity index (χ0) is 21.3. The molecule has 160 valence electrons. The third-order valence-electron chi connectivity index (χ3n) is 5.40. The number of carbonyl (C=O) groups is 1. The van der Waals surface area contributed by atoms with Crippen molar-refractivity contribution >= 4 is 22.4 Å². The Kier molecular flexibility index (Phi) is 8.97. The van der Waals surface area contributed by atoms with Crippen LogP contribution in [-0.2, 0) is 9.53 Å². The number of ether oxygens (including phenoxy) is 2. The molecule has 4 heteroatoms. The minimum atomic E-state index is -0.821. The van der Waals surface area contributed by atoms with Gasteiger partial charge in [0.25, 0.3) is 5.91 Å². The molecule has 2 atom stereocenters. The van der Waals surface area contributed by atoms with Crippen molar-refractivity contribution in [2.75, 3.05) is 11.9 Å². The minimum absolute atomic E-state index is 0.0807. The normalized spacial score (nSPS) is 14.4. The molecule has 1 N–H and O–H groups in total. The van der Waals surface area contributed by atoms with E-state index in [9.17, 15) is 4.79 Å². The van der Waals surface area contributed by atoms with Crippen LogP contribution in [0, 0.1) is 0 Å². The molecule has 0 aliphatic rings. The molecule has 0 fully saturated rings. The Morgan fingerprint density at radius 2 is 1.76 bits per heavy atom. The Labute approximate surface area is 176 Å². The predicted octanol–water partition coefficient (Wildman–Crippen LogP) is 6.72. The zero-order valence-corrected chi connectivity index (χ0v) is 18.7. The molecular weight excluding hydrogens is 362 g/mol. The summed E-state index contributed by atoms with van der Waals surface area (Å²) in [5.41, 5.74) is -0.0260. The van der Waals surface area contributed by atoms with Gasteiger partial charge in [0.2, 0.25) is 0 Å². The molecule has 0 aliphatic heterocycles. The van der Waals surface area contributed by atoms with E-state index >= 15 is 0 Å². The fourth-order valence-electron chi connectivity index (χ4n) is 3.33. The van der Waals surface area contributed by atoms with Crippen LogP contribution in [0.4, 0.5) is 5.69 Å². The van der Waals surface area contributed by atoms with E-state index in [4.69, 9.17) is 9.47 Å². The number of carbonyl (C=O) groups excluding carboxylic acids is 1. The lowest BCUT2D eigenvalue weighted by atomic mass is 9.96. The number of nitrogens with one attached hydrogen (secondary N) is 1. The molecule has 0 saturated heterocycles. The van der Waals surface area contributed by atoms with Gasteiger partial charge in [-0.25, -0.2) is 0 Å². The summed E-state index contributed by atoms with van der Waals surface area (Å²) in [6.45, 7) is 10.9. The molecule has 0 bridgehead atoms. The summed E-state index contributed by atoms with van der Waals surface area (Å²) in [4.78, 5) is 13.2. The van der Waals surface area contributed by atoms with Crippen molar-refractivity contribution in [3.05, 3.63) is 36.4 Å². The number of benzene rings is 2. The van der Waals surface area contributed by atoms with Crippen molar-refractivity contribution in [1.29, 1.82) is 0 Å². The SMILES string of the molecule is CCCCC[C@](C)(OCCC)C(=O)Nc1ccc(O[C@H](C)CC)c2ccccc12. The van der Waals surface area contributed by atoms with Crippen LogP contribution in [0.1, 0.15) is 73.1 Å². The smallest absolute Gasteiger partial charge is 0.256 e. The average Bonchev–Trinajstić information content (AvgIpc) is 2.74. The molecule has 0 aromatic heterocycles. The van der Waals surface area contributed by atoms with Gasteiger partial charge >= 0.3 is 0 Å². The largest absolute Gasteiger partial charge is 0.490 e. The highest BCUT2D eigenvalue weighted by molar-refractivity contribution is 6.06. The minimum Gasteiger partial charge on any atom is -0.490 e. The van der Waals surface area contributed by atoms with Crippen molar-refractivity contribution < 1.29 is 14.3 Å². The van der Waals surface area contributed by atoms with Crippen LogP contribution < -0.4 is 10.1 Å². The van der Waals surface area contributed by atoms with Crippen molar-refractivity contribution in [3.63, 3.8) is 0 Å². The molecule has 0 heterocycles. The number of hydrogen-bond acceptors (Lipinski definition) is 3. The van der Waals surface area contributed by atoms with Crippen LogP contribution in [0.3, 0.4) is 0 Å². The molecule has 0 unspecified atom stereocenters. The Morgan fingerprint density at radius 1 is 1.03 bits per heavy atom. The predicted molar refractivity (Wildman–Crippen MR) is 122 cm³/mol. The van der Waals surface area contributed by atoms with Crippen LogP contribution in [-0.4, -0.2) is 24.2 Å². The summed E-state index contributed by atoms with van der Waals surface area (Å²) in [7, 11) is 0. The number of anilines is 1. The van der Waals surface area contributed by atoms with Crippen LogP contribution in [0.5, 0.6) is 5.75 Å². The second-order valence-electron chi connectivity index (χ2n) is 7.98. The number of amides is 1. The lowest BCUT2D eigenvalue weighted by Crippen LogP contribution is -2.43. The van der Waals surface area contributed by atoms with Crippen LogP contribution in [0.2, 0.25) is 0 Å². The fraction of sp³-hybridized carbons (Fsp3) is 0.560. The summed E-state index contributed by atoms with van der Waals surface area (Å²) in [6.07, 6.45) is 5.89. The second-order valence-corrected chi connectivity index (χ2v) is 7.98. The van der Waals surface area contributed by atoms with Gasteiger partial charge < -0.3 is 14.8 Å². The van der Waals surface area contributed by atoms with Crippen LogP contribution in [0.25, 0.3) is 10.8 Å². The van der Waals surface area contributed by atoms with E-state index in [1.165, 1.54) is 0 Å². The number of unbranched alkanes of at least 4 members (excludes halogenated alkanes) is 2. The van der Waals surface area contributed by atoms with E-state index in [1.54, 1.807) is 0 Å². The van der Waals surface area contributed by atoms with E-state index in [1.807, 2.05) is 43.3 Å². The van der Waals surface area contributed by atoms with Gasteiger partial charge in [0.15, 0.2) is 0 Å². The van der Waals surface area contributed by atoms with Gasteiger partial charge in [0.1, 0.15) is 11.4 Å². The molecule has 2 aromatic rings. The van der Waals surface area contributed by atoms with Crippen molar-refractivity contribution in [3.8, 4) is 5.75 Å². The van der Waals surface area contributed by atoms with Crippen molar-refractivity contribution in [2.45, 2.75) is 84.8 Å². The van der Waals surface area contributed by atoms with E-state index in [0.29, 0.717) is 6.61 Å². The van der Waals surface area contributed by atoms with Crippen molar-refractivity contribution in [2.24, 2.45) is 0 Å². The molecule has 0 spiro atoms. The number of hydrogen-bond donors (Lipinski definition) is 1. The Hall–Kier alpha value is -2.07. The summed E-state index contributed by atoms with van der Waals surface area (Å²) in [5, 5.41) is 5.12. The molecule has 29 heavy (non-hydrogen) atoms. The summed E-state index contributed by atoms with van der Waals surface area (Å²) >= 11 is 0. The fourth-order valence-corrected chi connectivity index (χ4v) is 3.33. The molecule has 2 rings (SSSR count). The topological polar surface area (TPSA) is 47.6 Å². The van der Waals surface area contributed by atoms with Crippen molar-refractivity contribution in [1.82, 2.24) is 0 Å². The number of fused-ring (bicyclic) bond motifs is 1. The Balaban J connectivity index is 2.29. The first-order valence-corrected chi connectivity index (χ1v) is 11.1. The molecule has 0 saturated carbocycles. The van der Waals surface area contributed by atoms with Gasteiger partial charge in [-0.3, -0.25) is 4.79 Å². The van der Waals surface area contributed by atoms with Gasteiger partial charge in [-0.05, 0) is 45.2 Å². The molecule has 4 nitrogen and oxygen atoms in total. The first-order valence-electron chi connectivity index (χ1n) is 11.1. The van der Waals surface area contributed by atoms with E-state index in [-0.39, 0.29) is 12.0 Å². The van der Waals surface area contributed by atoms with E-state index < -0.39 is 5.60 Å². The van der Waals surface area contributed by atoms with Gasteiger partial charge in [0, 0.05) is 23.1 Å². The van der Waals surface area contributed by atoms with E-state index in [2.05, 4.69) is 33.0 Å². The molecular formula is C25H37NO3. The average molecular weight is 400 g/mol. The molecule has 1 amide bonds. The van der Waals surface area contributed by atoms with Crippen LogP contribution in [0.15, 0.2) is 36.4 Å². The summed E-state index contributed by atoms with van der Waals surface area (Å²) < 4.78 is 12.1. The highest BCUT2D eigenvalue weighted by Gasteiger charge is 2.34. The van der Waals surface area contributed by atoms with E-state index in [0.717, 1.165) is 60.7 Å². The van der Waals surface area contributed by atoms with Crippen LogP contribution >= 0.6 is 0 Å². The number of rotatable bonds is 12. The second kappa shape index (κ2) is 11.2. The Bertz CT molecular complexity index is 789. The first kappa shape index (κ1) is 23.2. The van der Waals surface area contributed by atoms with Gasteiger partial charge in [-0.2, -0.15) is 0 Å². The molecule has 0 aliphatic carbocycles. The zero-order valence-electron chi connectivity index (χ0n) is 18.7. The molecule has 0 radical (unpaired) electrons. The van der Waals surface area contributed by atoms with Gasteiger partial charge in [0.05, 0.1) is 6.10 Å². The molecule has 2 aromatic carbocycles. The maximum absolute atomic E-state index is 13.2. The lowest BCUT2D eigenvalue weighted by molar-refractivity contribution is -0.140. The first-order chi connectivity index (χ1) is 13.9. The monoisotopic (exact) mass is 399 g/mol. The Morgan fingerprint density at radius 3 is 2.41 bits per heavy atom. The maximum atomic E-state index is 13.2. The maximum Gasteiger partial charge on any atom is 0.256 e. The third-order valence-corrected chi connectivity index (χ3v) is 5.40. The quantitative estimate of drug-likeness (QED) is 0.403. The van der Waals surface area contributed by atoms with Gasteiger partial charge in [-0.15, -0.1) is 0 Å². The highest BCUT2D eigenvalue weighted by Crippen LogP contribution is 2.33.